The number of hydrogen-bond donors (Lipinski definition) is 1. The molecule has 118 valence electrons. The molecule has 0 saturated carbocycles. The quantitative estimate of drug-likeness (QED) is 0.909. The van der Waals surface area contributed by atoms with Crippen LogP contribution in [0.15, 0.2) is 17.0 Å². The van der Waals surface area contributed by atoms with Crippen LogP contribution in [-0.4, -0.2) is 39.9 Å². The molecule has 1 N–H and O–H groups in total. The summed E-state index contributed by atoms with van der Waals surface area (Å²) >= 11 is 0. The molecular weight excluding hydrogens is 286 g/mol. The molecule has 1 aromatic rings. The van der Waals surface area contributed by atoms with Gasteiger partial charge in [0, 0.05) is 19.2 Å². The molecule has 0 amide bonds. The number of nitrogens with zero attached hydrogens (tertiary/aromatic N) is 1. The Hall–Kier alpha value is -0.910. The molecule has 0 spiro atoms. The first-order valence-corrected chi connectivity index (χ1v) is 8.63. The molecule has 1 fully saturated rings. The normalized spacial score (nSPS) is 21.2. The van der Waals surface area contributed by atoms with Gasteiger partial charge in [0.1, 0.15) is 16.7 Å². The Balaban J connectivity index is 2.30. The maximum Gasteiger partial charge on any atom is 0.128 e. The number of piperidine rings is 1. The lowest BCUT2D eigenvalue weighted by Gasteiger charge is -2.34. The van der Waals surface area contributed by atoms with Gasteiger partial charge in [-0.15, -0.1) is 0 Å². The molecule has 5 heteroatoms. The van der Waals surface area contributed by atoms with Gasteiger partial charge in [0.25, 0.3) is 0 Å². The van der Waals surface area contributed by atoms with E-state index in [1.165, 1.54) is 0 Å². The van der Waals surface area contributed by atoms with E-state index in [1.807, 2.05) is 26.0 Å². The molecule has 4 nitrogen and oxygen atoms in total. The summed E-state index contributed by atoms with van der Waals surface area (Å²) in [5, 5.41) is 9.22. The van der Waals surface area contributed by atoms with Crippen LogP contribution in [0.3, 0.4) is 0 Å². The van der Waals surface area contributed by atoms with Crippen molar-refractivity contribution in [2.75, 3.05) is 20.3 Å². The number of rotatable bonds is 5. The van der Waals surface area contributed by atoms with Crippen molar-refractivity contribution in [3.63, 3.8) is 0 Å². The standard InChI is InChI=1S/C16H25NO3S/c1-12-10-15(20-3)11-13(2)16(12)21(19)17-8-5-4-6-14(17)7-9-18/h10-11,14,18H,4-9H2,1-3H3. The Morgan fingerprint density at radius 1 is 1.33 bits per heavy atom. The Kier molecular flexibility index (Phi) is 5.79. The van der Waals surface area contributed by atoms with Crippen molar-refractivity contribution in [3.8, 4) is 5.75 Å². The van der Waals surface area contributed by atoms with Crippen LogP contribution in [-0.2, 0) is 11.0 Å². The summed E-state index contributed by atoms with van der Waals surface area (Å²) < 4.78 is 20.4. The number of benzene rings is 1. The minimum Gasteiger partial charge on any atom is -0.497 e. The summed E-state index contributed by atoms with van der Waals surface area (Å²) in [6.45, 7) is 4.95. The van der Waals surface area contributed by atoms with E-state index in [-0.39, 0.29) is 12.6 Å². The topological polar surface area (TPSA) is 49.8 Å². The Labute approximate surface area is 129 Å². The van der Waals surface area contributed by atoms with Gasteiger partial charge in [-0.2, -0.15) is 0 Å². The zero-order valence-electron chi connectivity index (χ0n) is 13.1. The van der Waals surface area contributed by atoms with Gasteiger partial charge >= 0.3 is 0 Å². The summed E-state index contributed by atoms with van der Waals surface area (Å²) in [4.78, 5) is 0.889. The van der Waals surface area contributed by atoms with Gasteiger partial charge in [0.15, 0.2) is 0 Å². The fraction of sp³-hybridized carbons (Fsp3) is 0.625. The molecule has 21 heavy (non-hydrogen) atoms. The van der Waals surface area contributed by atoms with Gasteiger partial charge < -0.3 is 9.84 Å². The molecule has 2 atom stereocenters. The molecule has 2 unspecified atom stereocenters. The average molecular weight is 311 g/mol. The number of hydrogen-bond acceptors (Lipinski definition) is 3. The first-order valence-electron chi connectivity index (χ1n) is 7.53. The Morgan fingerprint density at radius 2 is 2.00 bits per heavy atom. The molecule has 0 bridgehead atoms. The predicted molar refractivity (Wildman–Crippen MR) is 84.9 cm³/mol. The molecule has 1 saturated heterocycles. The highest BCUT2D eigenvalue weighted by molar-refractivity contribution is 7.82. The van der Waals surface area contributed by atoms with Gasteiger partial charge in [-0.05, 0) is 56.4 Å². The summed E-state index contributed by atoms with van der Waals surface area (Å²) in [7, 11) is 0.477. The molecule has 1 aromatic carbocycles. The second-order valence-electron chi connectivity index (χ2n) is 5.64. The summed E-state index contributed by atoms with van der Waals surface area (Å²) in [6.07, 6.45) is 3.93. The van der Waals surface area contributed by atoms with Gasteiger partial charge in [0.05, 0.1) is 12.0 Å². The van der Waals surface area contributed by atoms with Gasteiger partial charge in [-0.3, -0.25) is 0 Å². The van der Waals surface area contributed by atoms with E-state index in [0.29, 0.717) is 6.42 Å². The lowest BCUT2D eigenvalue weighted by molar-refractivity contribution is 0.198. The third-order valence-electron chi connectivity index (χ3n) is 4.09. The monoisotopic (exact) mass is 311 g/mol. The van der Waals surface area contributed by atoms with Crippen LogP contribution in [0.2, 0.25) is 0 Å². The maximum atomic E-state index is 13.0. The summed E-state index contributed by atoms with van der Waals surface area (Å²) in [5.41, 5.74) is 2.00. The maximum absolute atomic E-state index is 13.0. The highest BCUT2D eigenvalue weighted by Crippen LogP contribution is 2.30. The molecule has 1 aliphatic heterocycles. The summed E-state index contributed by atoms with van der Waals surface area (Å²) in [6, 6.07) is 4.08. The first-order chi connectivity index (χ1) is 10.1. The van der Waals surface area contributed by atoms with Crippen LogP contribution in [0, 0.1) is 13.8 Å². The minimum absolute atomic E-state index is 0.152. The Bertz CT molecular complexity index is 493. The van der Waals surface area contributed by atoms with Crippen LogP contribution >= 0.6 is 0 Å². The van der Waals surface area contributed by atoms with E-state index >= 15 is 0 Å². The highest BCUT2D eigenvalue weighted by atomic mass is 32.2. The number of ether oxygens (including phenoxy) is 1. The van der Waals surface area contributed by atoms with E-state index in [2.05, 4.69) is 4.31 Å². The Morgan fingerprint density at radius 3 is 2.57 bits per heavy atom. The highest BCUT2D eigenvalue weighted by Gasteiger charge is 2.28. The first kappa shape index (κ1) is 16.5. The van der Waals surface area contributed by atoms with E-state index in [9.17, 15) is 9.32 Å². The van der Waals surface area contributed by atoms with Crippen molar-refractivity contribution in [2.24, 2.45) is 0 Å². The second kappa shape index (κ2) is 7.38. The molecular formula is C16H25NO3S. The zero-order valence-corrected chi connectivity index (χ0v) is 13.9. The lowest BCUT2D eigenvalue weighted by Crippen LogP contribution is -2.41. The smallest absolute Gasteiger partial charge is 0.128 e. The van der Waals surface area contributed by atoms with Gasteiger partial charge in [-0.25, -0.2) is 8.51 Å². The average Bonchev–Trinajstić information content (AvgIpc) is 2.47. The third-order valence-corrected chi connectivity index (χ3v) is 5.99. The fourth-order valence-electron chi connectivity index (χ4n) is 3.05. The van der Waals surface area contributed by atoms with Crippen molar-refractivity contribution >= 4 is 11.0 Å². The van der Waals surface area contributed by atoms with Crippen LogP contribution < -0.4 is 4.74 Å². The van der Waals surface area contributed by atoms with E-state index in [1.54, 1.807) is 7.11 Å². The van der Waals surface area contributed by atoms with E-state index in [4.69, 9.17) is 4.74 Å². The predicted octanol–water partition coefficient (Wildman–Crippen LogP) is 2.57. The zero-order chi connectivity index (χ0) is 15.4. The van der Waals surface area contributed by atoms with Crippen molar-refractivity contribution in [2.45, 2.75) is 50.5 Å². The number of aliphatic hydroxyl groups excluding tert-OH is 1. The second-order valence-corrected chi connectivity index (χ2v) is 7.02. The van der Waals surface area contributed by atoms with E-state index < -0.39 is 11.0 Å². The summed E-state index contributed by atoms with van der Waals surface area (Å²) in [5.74, 6) is 0.802. The number of aryl methyl sites for hydroxylation is 2. The number of methoxy groups -OCH3 is 1. The molecule has 1 aliphatic rings. The molecule has 1 heterocycles. The van der Waals surface area contributed by atoms with Gasteiger partial charge in [-0.1, -0.05) is 6.42 Å². The van der Waals surface area contributed by atoms with Crippen LogP contribution in [0.4, 0.5) is 0 Å². The lowest BCUT2D eigenvalue weighted by atomic mass is 10.0. The third kappa shape index (κ3) is 3.65. The van der Waals surface area contributed by atoms with E-state index in [0.717, 1.165) is 47.6 Å². The van der Waals surface area contributed by atoms with Crippen molar-refractivity contribution < 1.29 is 14.1 Å². The molecule has 0 radical (unpaired) electrons. The van der Waals surface area contributed by atoms with Crippen LogP contribution in [0.1, 0.15) is 36.8 Å². The van der Waals surface area contributed by atoms with Crippen molar-refractivity contribution in [1.29, 1.82) is 0 Å². The number of aliphatic hydroxyl groups is 1. The molecule has 0 aliphatic carbocycles. The van der Waals surface area contributed by atoms with Crippen LogP contribution in [0.5, 0.6) is 5.75 Å². The van der Waals surface area contributed by atoms with Gasteiger partial charge in [0.2, 0.25) is 0 Å². The van der Waals surface area contributed by atoms with Crippen molar-refractivity contribution in [1.82, 2.24) is 4.31 Å². The van der Waals surface area contributed by atoms with Crippen molar-refractivity contribution in [3.05, 3.63) is 23.3 Å². The fourth-order valence-corrected chi connectivity index (χ4v) is 4.73. The minimum atomic E-state index is -1.17. The molecule has 0 aromatic heterocycles. The SMILES string of the molecule is COc1cc(C)c(S(=O)N2CCCCC2CCO)c(C)c1. The van der Waals surface area contributed by atoms with Crippen LogP contribution in [0.25, 0.3) is 0 Å². The largest absolute Gasteiger partial charge is 0.497 e. The molecule has 2 rings (SSSR count).